The lowest BCUT2D eigenvalue weighted by Crippen LogP contribution is -2.40. The number of sulfonamides is 1. The van der Waals surface area contributed by atoms with Crippen molar-refractivity contribution in [1.82, 2.24) is 9.62 Å². The van der Waals surface area contributed by atoms with Gasteiger partial charge in [-0.05, 0) is 18.2 Å². The van der Waals surface area contributed by atoms with E-state index in [1.165, 1.54) is 22.5 Å². The van der Waals surface area contributed by atoms with Crippen molar-refractivity contribution in [2.24, 2.45) is 0 Å². The number of hydrogen-bond acceptors (Lipinski definition) is 6. The molecule has 0 saturated carbocycles. The van der Waals surface area contributed by atoms with Crippen molar-refractivity contribution in [3.05, 3.63) is 23.2 Å². The fourth-order valence-electron chi connectivity index (χ4n) is 2.08. The highest BCUT2D eigenvalue weighted by atomic mass is 35.5. The number of amides is 1. The number of aliphatic hydroxyl groups excluding tert-OH is 1. The van der Waals surface area contributed by atoms with Gasteiger partial charge in [0.2, 0.25) is 10.0 Å². The van der Waals surface area contributed by atoms with E-state index in [1.807, 2.05) is 0 Å². The second kappa shape index (κ2) is 8.63. The van der Waals surface area contributed by atoms with Crippen LogP contribution in [-0.4, -0.2) is 69.8 Å². The molecule has 1 aliphatic rings. The first-order valence-electron chi connectivity index (χ1n) is 7.33. The van der Waals surface area contributed by atoms with Gasteiger partial charge in [-0.15, -0.1) is 0 Å². The Hall–Kier alpha value is -1.39. The first kappa shape index (κ1) is 18.9. The molecule has 0 aromatic heterocycles. The number of nitrogens with zero attached hydrogens (tertiary/aromatic N) is 1. The predicted molar refractivity (Wildman–Crippen MR) is 86.6 cm³/mol. The van der Waals surface area contributed by atoms with Crippen LogP contribution in [0.3, 0.4) is 0 Å². The van der Waals surface area contributed by atoms with Gasteiger partial charge in [-0.25, -0.2) is 8.42 Å². The van der Waals surface area contributed by atoms with Crippen LogP contribution in [-0.2, 0) is 19.6 Å². The van der Waals surface area contributed by atoms with Crippen molar-refractivity contribution >= 4 is 27.5 Å². The maximum absolute atomic E-state index is 12.5. The van der Waals surface area contributed by atoms with Crippen molar-refractivity contribution in [1.29, 1.82) is 0 Å². The molecule has 8 nitrogen and oxygen atoms in total. The van der Waals surface area contributed by atoms with E-state index in [4.69, 9.17) is 26.2 Å². The maximum atomic E-state index is 12.5. The van der Waals surface area contributed by atoms with E-state index >= 15 is 0 Å². The number of halogens is 1. The molecule has 0 radical (unpaired) electrons. The summed E-state index contributed by atoms with van der Waals surface area (Å²) in [6.07, 6.45) is 0. The standard InChI is InChI=1S/C14H19ClN2O6S/c15-12-9-11(24(20,21)17-4-7-22-8-5-17)1-2-13(12)23-10-14(19)16-3-6-18/h1-2,9,18H,3-8,10H2,(H,16,19). The average molecular weight is 379 g/mol. The second-order valence-corrected chi connectivity index (χ2v) is 7.32. The normalized spacial score (nSPS) is 15.9. The van der Waals surface area contributed by atoms with Crippen LogP contribution in [0.5, 0.6) is 5.75 Å². The predicted octanol–water partition coefficient (Wildman–Crippen LogP) is -0.152. The molecule has 1 aromatic carbocycles. The fourth-order valence-corrected chi connectivity index (χ4v) is 3.82. The van der Waals surface area contributed by atoms with Gasteiger partial charge in [0.25, 0.3) is 5.91 Å². The highest BCUT2D eigenvalue weighted by Gasteiger charge is 2.27. The Morgan fingerprint density at radius 3 is 2.71 bits per heavy atom. The Kier molecular flexibility index (Phi) is 6.81. The van der Waals surface area contributed by atoms with Crippen LogP contribution in [0.15, 0.2) is 23.1 Å². The van der Waals surface area contributed by atoms with Crippen molar-refractivity contribution in [2.75, 3.05) is 46.1 Å². The van der Waals surface area contributed by atoms with E-state index in [-0.39, 0.29) is 35.4 Å². The first-order valence-corrected chi connectivity index (χ1v) is 9.15. The van der Waals surface area contributed by atoms with Crippen molar-refractivity contribution in [3.8, 4) is 5.75 Å². The van der Waals surface area contributed by atoms with E-state index in [1.54, 1.807) is 0 Å². The van der Waals surface area contributed by atoms with Gasteiger partial charge < -0.3 is 19.9 Å². The lowest BCUT2D eigenvalue weighted by molar-refractivity contribution is -0.123. The maximum Gasteiger partial charge on any atom is 0.258 e. The molecule has 1 fully saturated rings. The molecule has 24 heavy (non-hydrogen) atoms. The van der Waals surface area contributed by atoms with Crippen LogP contribution in [0.2, 0.25) is 5.02 Å². The number of rotatable bonds is 7. The molecule has 0 aliphatic carbocycles. The summed E-state index contributed by atoms with van der Waals surface area (Å²) in [5.41, 5.74) is 0. The summed E-state index contributed by atoms with van der Waals surface area (Å²) in [6, 6.07) is 4.10. The average Bonchev–Trinajstić information content (AvgIpc) is 2.59. The summed E-state index contributed by atoms with van der Waals surface area (Å²) in [5.74, 6) is -0.207. The summed E-state index contributed by atoms with van der Waals surface area (Å²) in [4.78, 5) is 11.5. The number of morpholine rings is 1. The monoisotopic (exact) mass is 378 g/mol. The van der Waals surface area contributed by atoms with Gasteiger partial charge in [0.05, 0.1) is 29.7 Å². The second-order valence-electron chi connectivity index (χ2n) is 4.97. The number of benzene rings is 1. The summed E-state index contributed by atoms with van der Waals surface area (Å²) in [6.45, 7) is 0.989. The van der Waals surface area contributed by atoms with E-state index < -0.39 is 15.9 Å². The molecular formula is C14H19ClN2O6S. The fraction of sp³-hybridized carbons (Fsp3) is 0.500. The summed E-state index contributed by atoms with van der Waals surface area (Å²) in [7, 11) is -3.64. The third-order valence-corrected chi connectivity index (χ3v) is 5.49. The Morgan fingerprint density at radius 2 is 2.08 bits per heavy atom. The minimum Gasteiger partial charge on any atom is -0.482 e. The molecule has 2 N–H and O–H groups in total. The van der Waals surface area contributed by atoms with Crippen LogP contribution in [0.4, 0.5) is 0 Å². The molecular weight excluding hydrogens is 360 g/mol. The van der Waals surface area contributed by atoms with Gasteiger partial charge in [-0.1, -0.05) is 11.6 Å². The molecule has 134 valence electrons. The Bertz CT molecular complexity index is 676. The minimum atomic E-state index is -3.64. The van der Waals surface area contributed by atoms with Gasteiger partial charge >= 0.3 is 0 Å². The van der Waals surface area contributed by atoms with Gasteiger partial charge in [-0.2, -0.15) is 4.31 Å². The number of hydrogen-bond donors (Lipinski definition) is 2. The number of ether oxygens (including phenoxy) is 2. The third-order valence-electron chi connectivity index (χ3n) is 3.30. The molecule has 10 heteroatoms. The molecule has 0 spiro atoms. The molecule has 1 saturated heterocycles. The molecule has 1 aliphatic heterocycles. The highest BCUT2D eigenvalue weighted by Crippen LogP contribution is 2.29. The molecule has 1 aromatic rings. The Morgan fingerprint density at radius 1 is 1.38 bits per heavy atom. The van der Waals surface area contributed by atoms with Crippen LogP contribution in [0.25, 0.3) is 0 Å². The number of aliphatic hydroxyl groups is 1. The molecule has 1 heterocycles. The topological polar surface area (TPSA) is 105 Å². The van der Waals surface area contributed by atoms with E-state index in [0.29, 0.717) is 26.3 Å². The number of carbonyl (C=O) groups excluding carboxylic acids is 1. The highest BCUT2D eigenvalue weighted by molar-refractivity contribution is 7.89. The summed E-state index contributed by atoms with van der Waals surface area (Å²) in [5, 5.41) is 11.1. The van der Waals surface area contributed by atoms with Crippen molar-refractivity contribution < 1.29 is 27.8 Å². The molecule has 0 unspecified atom stereocenters. The number of carbonyl (C=O) groups is 1. The minimum absolute atomic E-state index is 0.0616. The first-order chi connectivity index (χ1) is 11.4. The van der Waals surface area contributed by atoms with Gasteiger partial charge in [0.15, 0.2) is 6.61 Å². The zero-order valence-electron chi connectivity index (χ0n) is 12.9. The molecule has 2 rings (SSSR count). The van der Waals surface area contributed by atoms with E-state index in [0.717, 1.165) is 0 Å². The quantitative estimate of drug-likeness (QED) is 0.683. The van der Waals surface area contributed by atoms with Gasteiger partial charge in [0, 0.05) is 19.6 Å². The van der Waals surface area contributed by atoms with Gasteiger partial charge in [0.1, 0.15) is 5.75 Å². The molecule has 1 amide bonds. The van der Waals surface area contributed by atoms with Crippen LogP contribution in [0.1, 0.15) is 0 Å². The van der Waals surface area contributed by atoms with Crippen LogP contribution < -0.4 is 10.1 Å². The zero-order chi connectivity index (χ0) is 17.6. The molecule has 0 atom stereocenters. The van der Waals surface area contributed by atoms with Gasteiger partial charge in [-0.3, -0.25) is 4.79 Å². The molecule has 0 bridgehead atoms. The van der Waals surface area contributed by atoms with Crippen molar-refractivity contribution in [3.63, 3.8) is 0 Å². The Labute approximate surface area is 145 Å². The van der Waals surface area contributed by atoms with Crippen LogP contribution in [0, 0.1) is 0 Å². The summed E-state index contributed by atoms with van der Waals surface area (Å²) < 4.78 is 36.8. The smallest absolute Gasteiger partial charge is 0.258 e. The van der Waals surface area contributed by atoms with Crippen LogP contribution >= 0.6 is 11.6 Å². The number of nitrogens with one attached hydrogen (secondary N) is 1. The van der Waals surface area contributed by atoms with Crippen molar-refractivity contribution in [2.45, 2.75) is 4.90 Å². The SMILES string of the molecule is O=C(COc1ccc(S(=O)(=O)N2CCOCC2)cc1Cl)NCCO. The zero-order valence-corrected chi connectivity index (χ0v) is 14.5. The lowest BCUT2D eigenvalue weighted by Gasteiger charge is -2.26. The lowest BCUT2D eigenvalue weighted by atomic mass is 10.3. The summed E-state index contributed by atoms with van der Waals surface area (Å²) >= 11 is 6.06. The Balaban J connectivity index is 2.04. The van der Waals surface area contributed by atoms with E-state index in [2.05, 4.69) is 5.32 Å². The largest absolute Gasteiger partial charge is 0.482 e. The third kappa shape index (κ3) is 4.81. The van der Waals surface area contributed by atoms with E-state index in [9.17, 15) is 13.2 Å².